The van der Waals surface area contributed by atoms with Gasteiger partial charge in [-0.1, -0.05) is 0 Å². The van der Waals surface area contributed by atoms with Crippen LogP contribution in [-0.2, 0) is 7.05 Å². The predicted octanol–water partition coefficient (Wildman–Crippen LogP) is 1.72. The third-order valence-corrected chi connectivity index (χ3v) is 2.46. The van der Waals surface area contributed by atoms with Crippen LogP contribution in [0.25, 0.3) is 10.9 Å². The second-order valence-corrected chi connectivity index (χ2v) is 3.34. The average molecular weight is 208 g/mol. The Morgan fingerprint density at radius 2 is 2.20 bits per heavy atom. The van der Waals surface area contributed by atoms with Gasteiger partial charge in [0.1, 0.15) is 5.82 Å². The molecule has 0 aliphatic heterocycles. The zero-order chi connectivity index (χ0) is 11.2. The minimum Gasteiger partial charge on any atom is -0.478 e. The highest BCUT2D eigenvalue weighted by Gasteiger charge is 2.17. The Morgan fingerprint density at radius 1 is 1.53 bits per heavy atom. The molecule has 0 radical (unpaired) electrons. The molecule has 0 saturated heterocycles. The molecular weight excluding hydrogens is 199 g/mol. The van der Waals surface area contributed by atoms with Gasteiger partial charge < -0.3 is 5.11 Å². The molecule has 0 amide bonds. The first-order valence-corrected chi connectivity index (χ1v) is 4.37. The van der Waals surface area contributed by atoms with Crippen molar-refractivity contribution in [3.8, 4) is 0 Å². The van der Waals surface area contributed by atoms with E-state index in [2.05, 4.69) is 5.10 Å². The summed E-state index contributed by atoms with van der Waals surface area (Å²) in [5.41, 5.74) is 0.765. The number of aryl methyl sites for hydroxylation is 2. The average Bonchev–Trinajstić information content (AvgIpc) is 2.43. The summed E-state index contributed by atoms with van der Waals surface area (Å²) in [5, 5.41) is 13.1. The van der Waals surface area contributed by atoms with E-state index < -0.39 is 11.8 Å². The van der Waals surface area contributed by atoms with Crippen LogP contribution in [-0.4, -0.2) is 20.9 Å². The van der Waals surface area contributed by atoms with Crippen molar-refractivity contribution >= 4 is 16.9 Å². The van der Waals surface area contributed by atoms with Crippen molar-refractivity contribution in [2.45, 2.75) is 6.92 Å². The molecule has 0 fully saturated rings. The maximum absolute atomic E-state index is 13.8. The van der Waals surface area contributed by atoms with Crippen molar-refractivity contribution in [1.29, 1.82) is 0 Å². The lowest BCUT2D eigenvalue weighted by Gasteiger charge is -1.98. The van der Waals surface area contributed by atoms with Crippen LogP contribution < -0.4 is 0 Å². The fourth-order valence-corrected chi connectivity index (χ4v) is 1.56. The van der Waals surface area contributed by atoms with Gasteiger partial charge in [-0.05, 0) is 19.1 Å². The normalized spacial score (nSPS) is 10.9. The second kappa shape index (κ2) is 3.05. The topological polar surface area (TPSA) is 55.1 Å². The first-order chi connectivity index (χ1) is 7.02. The molecule has 0 saturated carbocycles. The van der Waals surface area contributed by atoms with E-state index in [0.717, 1.165) is 0 Å². The minimum absolute atomic E-state index is 0.275. The number of carbonyl (C=O) groups is 1. The van der Waals surface area contributed by atoms with E-state index in [4.69, 9.17) is 5.11 Å². The number of nitrogens with zero attached hydrogens (tertiary/aromatic N) is 2. The predicted molar refractivity (Wildman–Crippen MR) is 52.4 cm³/mol. The zero-order valence-electron chi connectivity index (χ0n) is 8.28. The summed E-state index contributed by atoms with van der Waals surface area (Å²) in [6, 6.07) is 2.74. The number of aromatic nitrogens is 2. The molecule has 1 aromatic carbocycles. The number of rotatable bonds is 1. The Bertz CT molecular complexity index is 560. The highest BCUT2D eigenvalue weighted by Crippen LogP contribution is 2.23. The molecule has 1 heterocycles. The van der Waals surface area contributed by atoms with Crippen molar-refractivity contribution in [2.75, 3.05) is 0 Å². The van der Waals surface area contributed by atoms with E-state index >= 15 is 0 Å². The van der Waals surface area contributed by atoms with E-state index in [9.17, 15) is 9.18 Å². The Hall–Kier alpha value is -1.91. The van der Waals surface area contributed by atoms with Crippen molar-refractivity contribution in [2.24, 2.45) is 7.05 Å². The van der Waals surface area contributed by atoms with Crippen LogP contribution >= 0.6 is 0 Å². The van der Waals surface area contributed by atoms with Crippen molar-refractivity contribution in [3.05, 3.63) is 29.2 Å². The number of benzene rings is 1. The van der Waals surface area contributed by atoms with Crippen molar-refractivity contribution < 1.29 is 14.3 Å². The van der Waals surface area contributed by atoms with Gasteiger partial charge in [-0.25, -0.2) is 9.18 Å². The molecule has 0 bridgehead atoms. The van der Waals surface area contributed by atoms with E-state index in [-0.39, 0.29) is 10.9 Å². The third-order valence-electron chi connectivity index (χ3n) is 2.46. The smallest absolute Gasteiger partial charge is 0.338 e. The summed E-state index contributed by atoms with van der Waals surface area (Å²) in [6.45, 7) is 1.70. The number of hydrogen-bond acceptors (Lipinski definition) is 2. The fourth-order valence-electron chi connectivity index (χ4n) is 1.56. The number of fused-ring (bicyclic) bond motifs is 1. The summed E-state index contributed by atoms with van der Waals surface area (Å²) >= 11 is 0. The van der Waals surface area contributed by atoms with Gasteiger partial charge in [-0.15, -0.1) is 0 Å². The van der Waals surface area contributed by atoms with Gasteiger partial charge in [-0.2, -0.15) is 5.10 Å². The number of carboxylic acid groups (broad SMARTS) is 1. The summed E-state index contributed by atoms with van der Waals surface area (Å²) in [6.07, 6.45) is 0. The van der Waals surface area contributed by atoms with Crippen LogP contribution in [0, 0.1) is 12.7 Å². The van der Waals surface area contributed by atoms with Crippen LogP contribution in [0.15, 0.2) is 12.1 Å². The van der Waals surface area contributed by atoms with E-state index in [1.165, 1.54) is 16.8 Å². The lowest BCUT2D eigenvalue weighted by molar-refractivity contribution is 0.0692. The van der Waals surface area contributed by atoms with Crippen LogP contribution in [0.5, 0.6) is 0 Å². The standard InChI is InChI=1S/C10H9FN2O2/c1-5-8-7(12-13(5)2)4-3-6(9(8)11)10(14)15/h3-4H,1-2H3,(H,14,15). The molecule has 2 rings (SSSR count). The summed E-state index contributed by atoms with van der Waals surface area (Å²) in [5.74, 6) is -1.98. The molecule has 1 aromatic heterocycles. The molecular formula is C10H9FN2O2. The van der Waals surface area contributed by atoms with Crippen molar-refractivity contribution in [1.82, 2.24) is 9.78 Å². The molecule has 15 heavy (non-hydrogen) atoms. The molecule has 0 atom stereocenters. The van der Waals surface area contributed by atoms with Gasteiger partial charge in [0.2, 0.25) is 0 Å². The molecule has 4 nitrogen and oxygen atoms in total. The van der Waals surface area contributed by atoms with Gasteiger partial charge in [0, 0.05) is 12.7 Å². The highest BCUT2D eigenvalue weighted by molar-refractivity contribution is 5.94. The third kappa shape index (κ3) is 1.27. The molecule has 0 unspecified atom stereocenters. The molecule has 5 heteroatoms. The lowest BCUT2D eigenvalue weighted by Crippen LogP contribution is -2.00. The molecule has 0 aliphatic rings. The minimum atomic E-state index is -1.27. The maximum atomic E-state index is 13.8. The summed E-state index contributed by atoms with van der Waals surface area (Å²) in [7, 11) is 1.69. The highest BCUT2D eigenvalue weighted by atomic mass is 19.1. The largest absolute Gasteiger partial charge is 0.478 e. The van der Waals surface area contributed by atoms with E-state index in [0.29, 0.717) is 11.2 Å². The van der Waals surface area contributed by atoms with E-state index in [1.54, 1.807) is 14.0 Å². The Labute approximate surface area is 84.9 Å². The first-order valence-electron chi connectivity index (χ1n) is 4.37. The lowest BCUT2D eigenvalue weighted by atomic mass is 10.1. The van der Waals surface area contributed by atoms with Crippen LogP contribution in [0.3, 0.4) is 0 Å². The van der Waals surface area contributed by atoms with Crippen molar-refractivity contribution in [3.63, 3.8) is 0 Å². The van der Waals surface area contributed by atoms with Gasteiger partial charge in [-0.3, -0.25) is 4.68 Å². The van der Waals surface area contributed by atoms with Gasteiger partial charge in [0.25, 0.3) is 0 Å². The van der Waals surface area contributed by atoms with Gasteiger partial charge in [0.15, 0.2) is 0 Å². The van der Waals surface area contributed by atoms with Crippen LogP contribution in [0.2, 0.25) is 0 Å². The molecule has 0 aliphatic carbocycles. The van der Waals surface area contributed by atoms with Crippen LogP contribution in [0.1, 0.15) is 16.1 Å². The molecule has 0 spiro atoms. The number of hydrogen-bond donors (Lipinski definition) is 1. The van der Waals surface area contributed by atoms with E-state index in [1.807, 2.05) is 0 Å². The van der Waals surface area contributed by atoms with Crippen LogP contribution in [0.4, 0.5) is 4.39 Å². The Balaban J connectivity index is 2.88. The Kier molecular flexibility index (Phi) is 1.96. The summed E-state index contributed by atoms with van der Waals surface area (Å²) < 4.78 is 15.3. The second-order valence-electron chi connectivity index (χ2n) is 3.34. The Morgan fingerprint density at radius 3 is 2.80 bits per heavy atom. The number of halogens is 1. The molecule has 78 valence electrons. The van der Waals surface area contributed by atoms with Gasteiger partial charge in [0.05, 0.1) is 16.5 Å². The monoisotopic (exact) mass is 208 g/mol. The molecule has 2 aromatic rings. The number of aromatic carboxylic acids is 1. The maximum Gasteiger partial charge on any atom is 0.338 e. The summed E-state index contributed by atoms with van der Waals surface area (Å²) in [4.78, 5) is 10.7. The molecule has 1 N–H and O–H groups in total. The first kappa shape index (κ1) is 9.64. The SMILES string of the molecule is Cc1c2c(F)c(C(=O)O)ccc2nn1C. The fraction of sp³-hybridized carbons (Fsp3) is 0.200. The zero-order valence-corrected chi connectivity index (χ0v) is 8.28. The number of carboxylic acids is 1. The van der Waals surface area contributed by atoms with Gasteiger partial charge >= 0.3 is 5.97 Å². The quantitative estimate of drug-likeness (QED) is 0.776.